The van der Waals surface area contributed by atoms with Crippen molar-refractivity contribution in [3.63, 3.8) is 0 Å². The molecule has 11 heteroatoms. The summed E-state index contributed by atoms with van der Waals surface area (Å²) in [5.74, 6) is -1.20. The lowest BCUT2D eigenvalue weighted by molar-refractivity contribution is -0.305. The van der Waals surface area contributed by atoms with E-state index in [2.05, 4.69) is 50.4 Å². The third-order valence-electron chi connectivity index (χ3n) is 13.5. The maximum Gasteiger partial charge on any atom is 0.306 e. The van der Waals surface area contributed by atoms with E-state index in [1.165, 1.54) is 141 Å². The molecule has 1 heterocycles. The first-order valence-electron chi connectivity index (χ1n) is 28.8. The molecule has 6 N–H and O–H groups in total. The lowest BCUT2D eigenvalue weighted by Gasteiger charge is -2.41. The first kappa shape index (κ1) is 64.9. The van der Waals surface area contributed by atoms with Gasteiger partial charge in [-0.2, -0.15) is 0 Å². The van der Waals surface area contributed by atoms with Gasteiger partial charge in [-0.1, -0.05) is 218 Å². The Balaban J connectivity index is 2.67. The predicted molar refractivity (Wildman–Crippen MR) is 283 cm³/mol. The molecule has 0 saturated carbocycles. The number of carbonyl (C=O) groups is 2. The summed E-state index contributed by atoms with van der Waals surface area (Å²) in [6, 6.07) is -1.02. The summed E-state index contributed by atoms with van der Waals surface area (Å²) >= 11 is 0. The van der Waals surface area contributed by atoms with Crippen LogP contribution in [-0.2, 0) is 23.8 Å². The highest BCUT2D eigenvalue weighted by Gasteiger charge is 2.47. The summed E-state index contributed by atoms with van der Waals surface area (Å²) in [6.45, 7) is 5.72. The molecular weight excluding hydrogens is 871 g/mol. The zero-order chi connectivity index (χ0) is 50.4. The van der Waals surface area contributed by atoms with Crippen LogP contribution in [0.5, 0.6) is 0 Å². The summed E-state index contributed by atoms with van der Waals surface area (Å²) in [5, 5.41) is 56.7. The van der Waals surface area contributed by atoms with Crippen molar-refractivity contribution in [3.05, 3.63) is 36.5 Å². The van der Waals surface area contributed by atoms with Crippen molar-refractivity contribution in [2.45, 2.75) is 307 Å². The number of amides is 1. The zero-order valence-corrected chi connectivity index (χ0v) is 44.4. The SMILES string of the molecule is CCCC/C=C\CCCCCCC(O)C(=O)NC(COC1OC(CO)C(O)C(O)C1OC(=O)CCCCCCCCCCC/C=C/CCCCCCCC)C(O)/C=C/CCCCCCCCCCC. The molecule has 8 atom stereocenters. The minimum atomic E-state index is -1.61. The molecule has 1 saturated heterocycles. The van der Waals surface area contributed by atoms with Gasteiger partial charge in [0, 0.05) is 6.42 Å². The fraction of sp³-hybridized carbons (Fsp3) is 0.862. The van der Waals surface area contributed by atoms with Gasteiger partial charge in [-0.05, 0) is 70.6 Å². The molecule has 0 aromatic heterocycles. The van der Waals surface area contributed by atoms with Gasteiger partial charge in [0.05, 0.1) is 25.4 Å². The van der Waals surface area contributed by atoms with Gasteiger partial charge in [-0.15, -0.1) is 0 Å². The van der Waals surface area contributed by atoms with Gasteiger partial charge in [-0.3, -0.25) is 9.59 Å². The summed E-state index contributed by atoms with van der Waals surface area (Å²) in [5.41, 5.74) is 0. The number of hydrogen-bond donors (Lipinski definition) is 6. The smallest absolute Gasteiger partial charge is 0.306 e. The lowest BCUT2D eigenvalue weighted by atomic mass is 9.99. The van der Waals surface area contributed by atoms with Crippen LogP contribution in [0, 0.1) is 0 Å². The Bertz CT molecular complexity index is 1260. The highest BCUT2D eigenvalue weighted by molar-refractivity contribution is 5.80. The molecule has 1 aliphatic heterocycles. The number of nitrogens with one attached hydrogen (secondary N) is 1. The first-order valence-corrected chi connectivity index (χ1v) is 28.8. The summed E-state index contributed by atoms with van der Waals surface area (Å²) in [4.78, 5) is 26.4. The van der Waals surface area contributed by atoms with Crippen LogP contribution in [0.15, 0.2) is 36.5 Å². The largest absolute Gasteiger partial charge is 0.454 e. The van der Waals surface area contributed by atoms with Crippen LogP contribution in [0.3, 0.4) is 0 Å². The molecular formula is C58H107NO10. The molecule has 69 heavy (non-hydrogen) atoms. The Hall–Kier alpha value is -2.12. The van der Waals surface area contributed by atoms with Gasteiger partial charge in [0.1, 0.15) is 24.4 Å². The van der Waals surface area contributed by atoms with Gasteiger partial charge >= 0.3 is 5.97 Å². The Labute approximate surface area is 422 Å². The van der Waals surface area contributed by atoms with Crippen LogP contribution in [0.25, 0.3) is 0 Å². The predicted octanol–water partition coefficient (Wildman–Crippen LogP) is 12.7. The normalized spacial score (nSPS) is 20.0. The maximum absolute atomic E-state index is 13.3. The molecule has 1 aliphatic rings. The van der Waals surface area contributed by atoms with Crippen molar-refractivity contribution in [2.24, 2.45) is 0 Å². The van der Waals surface area contributed by atoms with E-state index >= 15 is 0 Å². The minimum Gasteiger partial charge on any atom is -0.454 e. The number of carbonyl (C=O) groups excluding carboxylic acids is 2. The number of rotatable bonds is 48. The Kier molecular flexibility index (Phi) is 44.1. The Morgan fingerprint density at radius 1 is 0.551 bits per heavy atom. The number of aliphatic hydroxyl groups is 5. The Morgan fingerprint density at radius 3 is 1.45 bits per heavy atom. The molecule has 1 fully saturated rings. The van der Waals surface area contributed by atoms with E-state index in [0.717, 1.165) is 70.6 Å². The van der Waals surface area contributed by atoms with Crippen molar-refractivity contribution in [1.82, 2.24) is 5.32 Å². The lowest BCUT2D eigenvalue weighted by Crippen LogP contribution is -2.61. The fourth-order valence-corrected chi connectivity index (χ4v) is 8.86. The molecule has 1 rings (SSSR count). The summed E-state index contributed by atoms with van der Waals surface area (Å²) < 4.78 is 17.6. The molecule has 404 valence electrons. The van der Waals surface area contributed by atoms with Gasteiger partial charge in [0.15, 0.2) is 12.4 Å². The second kappa shape index (κ2) is 46.9. The van der Waals surface area contributed by atoms with E-state index in [0.29, 0.717) is 12.8 Å². The standard InChI is InChI=1S/C58H107NO10/c1-4-7-10-13-16-19-22-23-24-25-26-27-28-29-31-34-37-40-43-46-53(63)69-56-55(65)54(64)52(47-60)68-58(56)67-48-49(50(61)44-41-38-35-33-30-20-17-14-11-8-5-2)59-57(66)51(62)45-42-39-36-32-21-18-15-12-9-6-3/h15,18,23-24,41,44,49-52,54-56,58,60-62,64-65H,4-14,16-17,19-22,25-40,42-43,45-48H2,1-3H3,(H,59,66)/b18-15-,24-23+,44-41+. The van der Waals surface area contributed by atoms with Crippen LogP contribution < -0.4 is 5.32 Å². The zero-order valence-electron chi connectivity index (χ0n) is 44.4. The van der Waals surface area contributed by atoms with Crippen LogP contribution in [-0.4, -0.2) is 99.6 Å². The van der Waals surface area contributed by atoms with Gasteiger partial charge < -0.3 is 45.1 Å². The molecule has 0 radical (unpaired) electrons. The monoisotopic (exact) mass is 978 g/mol. The third kappa shape index (κ3) is 35.6. The van der Waals surface area contributed by atoms with Crippen molar-refractivity contribution >= 4 is 11.9 Å². The average molecular weight is 978 g/mol. The molecule has 1 amide bonds. The number of aliphatic hydroxyl groups excluding tert-OH is 5. The van der Waals surface area contributed by atoms with E-state index in [1.807, 2.05) is 6.08 Å². The second-order valence-electron chi connectivity index (χ2n) is 20.0. The van der Waals surface area contributed by atoms with Gasteiger partial charge in [-0.25, -0.2) is 0 Å². The van der Waals surface area contributed by atoms with Crippen LogP contribution >= 0.6 is 0 Å². The summed E-state index contributed by atoms with van der Waals surface area (Å²) in [7, 11) is 0. The van der Waals surface area contributed by atoms with E-state index < -0.39 is 67.4 Å². The number of unbranched alkanes of at least 4 members (excludes halogenated alkanes) is 30. The van der Waals surface area contributed by atoms with E-state index in [1.54, 1.807) is 6.08 Å². The second-order valence-corrected chi connectivity index (χ2v) is 20.0. The molecule has 0 spiro atoms. The van der Waals surface area contributed by atoms with Crippen LogP contribution in [0.2, 0.25) is 0 Å². The molecule has 11 nitrogen and oxygen atoms in total. The van der Waals surface area contributed by atoms with Crippen molar-refractivity contribution in [2.75, 3.05) is 13.2 Å². The molecule has 0 aromatic carbocycles. The van der Waals surface area contributed by atoms with Crippen LogP contribution in [0.1, 0.15) is 258 Å². The van der Waals surface area contributed by atoms with Gasteiger partial charge in [0.25, 0.3) is 0 Å². The number of allylic oxidation sites excluding steroid dienone is 5. The quantitative estimate of drug-likeness (QED) is 0.0196. The van der Waals surface area contributed by atoms with E-state index in [4.69, 9.17) is 14.2 Å². The highest BCUT2D eigenvalue weighted by Crippen LogP contribution is 2.26. The van der Waals surface area contributed by atoms with E-state index in [-0.39, 0.29) is 19.4 Å². The Morgan fingerprint density at radius 2 is 0.971 bits per heavy atom. The first-order chi connectivity index (χ1) is 33.7. The van der Waals surface area contributed by atoms with Crippen molar-refractivity contribution in [3.8, 4) is 0 Å². The van der Waals surface area contributed by atoms with E-state index in [9.17, 15) is 35.1 Å². The number of ether oxygens (including phenoxy) is 3. The van der Waals surface area contributed by atoms with Gasteiger partial charge in [0.2, 0.25) is 5.91 Å². The number of esters is 1. The number of hydrogen-bond acceptors (Lipinski definition) is 10. The summed E-state index contributed by atoms with van der Waals surface area (Å²) in [6.07, 6.45) is 43.4. The molecule has 0 bridgehead atoms. The minimum absolute atomic E-state index is 0.122. The third-order valence-corrected chi connectivity index (χ3v) is 13.5. The molecule has 0 aliphatic carbocycles. The molecule has 8 unspecified atom stereocenters. The topological polar surface area (TPSA) is 175 Å². The average Bonchev–Trinajstić information content (AvgIpc) is 3.34. The van der Waals surface area contributed by atoms with Crippen LogP contribution in [0.4, 0.5) is 0 Å². The maximum atomic E-state index is 13.3. The fourth-order valence-electron chi connectivity index (χ4n) is 8.86. The van der Waals surface area contributed by atoms with Crippen molar-refractivity contribution < 1.29 is 49.3 Å². The van der Waals surface area contributed by atoms with Crippen molar-refractivity contribution in [1.29, 1.82) is 0 Å². The molecule has 0 aromatic rings. The highest BCUT2D eigenvalue weighted by atomic mass is 16.7.